The first-order chi connectivity index (χ1) is 12.0. The Morgan fingerprint density at radius 1 is 1.04 bits per heavy atom. The monoisotopic (exact) mass is 372 g/mol. The molecular formula is C19H13FO3S2. The minimum atomic E-state index is -1.05. The van der Waals surface area contributed by atoms with Crippen LogP contribution in [0.25, 0.3) is 21.6 Å². The average Bonchev–Trinajstić information content (AvgIpc) is 3.16. The Hall–Kier alpha value is -2.15. The van der Waals surface area contributed by atoms with Crippen molar-refractivity contribution in [3.05, 3.63) is 64.8 Å². The van der Waals surface area contributed by atoms with Crippen LogP contribution in [0.4, 0.5) is 4.39 Å². The zero-order valence-corrected chi connectivity index (χ0v) is 14.9. The van der Waals surface area contributed by atoms with Crippen molar-refractivity contribution in [3.63, 3.8) is 0 Å². The van der Waals surface area contributed by atoms with Crippen LogP contribution in [0.2, 0.25) is 0 Å². The Kier molecular flexibility index (Phi) is 4.11. The quantitative estimate of drug-likeness (QED) is 0.497. The zero-order chi connectivity index (χ0) is 17.6. The van der Waals surface area contributed by atoms with Crippen LogP contribution in [-0.2, 0) is 22.5 Å². The number of hydrogen-bond donors (Lipinski definition) is 0. The molecular weight excluding hydrogens is 359 g/mol. The molecule has 0 spiro atoms. The van der Waals surface area contributed by atoms with E-state index in [0.29, 0.717) is 4.88 Å². The van der Waals surface area contributed by atoms with Crippen LogP contribution in [-0.4, -0.2) is 16.8 Å². The molecule has 3 nitrogen and oxygen atoms in total. The summed E-state index contributed by atoms with van der Waals surface area (Å²) in [6, 6.07) is 13.7. The van der Waals surface area contributed by atoms with E-state index >= 15 is 0 Å². The molecule has 25 heavy (non-hydrogen) atoms. The maximum Gasteiger partial charge on any atom is 0.349 e. The Balaban J connectivity index is 1.89. The summed E-state index contributed by atoms with van der Waals surface area (Å²) < 4.78 is 30.0. The van der Waals surface area contributed by atoms with Crippen molar-refractivity contribution in [2.24, 2.45) is 0 Å². The fraction of sp³-hybridized carbons (Fsp3) is 0.105. The summed E-state index contributed by atoms with van der Waals surface area (Å²) in [5.74, 6) is -0.621. The van der Waals surface area contributed by atoms with E-state index in [1.807, 2.05) is 24.3 Å². The van der Waals surface area contributed by atoms with Gasteiger partial charge in [0.15, 0.2) is 4.90 Å². The molecule has 0 fully saturated rings. The van der Waals surface area contributed by atoms with Crippen molar-refractivity contribution in [2.75, 3.05) is 6.26 Å². The summed E-state index contributed by atoms with van der Waals surface area (Å²) in [7, 11) is 0. The summed E-state index contributed by atoms with van der Waals surface area (Å²) in [4.78, 5) is 14.2. The van der Waals surface area contributed by atoms with E-state index < -0.39 is 11.2 Å². The van der Waals surface area contributed by atoms with Gasteiger partial charge >= 0.3 is 5.97 Å². The Morgan fingerprint density at radius 2 is 1.68 bits per heavy atom. The van der Waals surface area contributed by atoms with Gasteiger partial charge < -0.3 is 9.29 Å². The molecule has 0 amide bonds. The SMILES string of the molecule is C[S+]([O-])c1ccc(-c2c(-c3ccc(F)cc3)sc3c2COC3=O)cc1. The summed E-state index contributed by atoms with van der Waals surface area (Å²) >= 11 is 0.313. The van der Waals surface area contributed by atoms with Gasteiger partial charge in [0.2, 0.25) is 0 Å². The van der Waals surface area contributed by atoms with Gasteiger partial charge in [0.1, 0.15) is 23.6 Å². The highest BCUT2D eigenvalue weighted by molar-refractivity contribution is 7.90. The molecule has 4 rings (SSSR count). The molecule has 0 N–H and O–H groups in total. The molecule has 1 unspecified atom stereocenters. The molecule has 0 radical (unpaired) electrons. The first-order valence-electron chi connectivity index (χ1n) is 7.57. The molecule has 3 aromatic rings. The van der Waals surface area contributed by atoms with Gasteiger partial charge in [-0.05, 0) is 58.7 Å². The second-order valence-corrected chi connectivity index (χ2v) is 8.08. The van der Waals surface area contributed by atoms with Crippen molar-refractivity contribution in [2.45, 2.75) is 11.5 Å². The minimum Gasteiger partial charge on any atom is -0.612 e. The van der Waals surface area contributed by atoms with Crippen LogP contribution in [0.15, 0.2) is 53.4 Å². The third-order valence-corrected chi connectivity index (χ3v) is 6.32. The molecule has 1 aliphatic rings. The van der Waals surface area contributed by atoms with E-state index in [4.69, 9.17) is 4.74 Å². The minimum absolute atomic E-state index is 0.239. The van der Waals surface area contributed by atoms with Crippen LogP contribution in [0.5, 0.6) is 0 Å². The number of carbonyl (C=O) groups is 1. The second-order valence-electron chi connectivity index (χ2n) is 5.68. The highest BCUT2D eigenvalue weighted by Gasteiger charge is 2.31. The zero-order valence-electron chi connectivity index (χ0n) is 13.2. The number of hydrogen-bond acceptors (Lipinski definition) is 4. The van der Waals surface area contributed by atoms with Gasteiger partial charge in [-0.2, -0.15) is 0 Å². The van der Waals surface area contributed by atoms with Crippen LogP contribution in [0.3, 0.4) is 0 Å². The summed E-state index contributed by atoms with van der Waals surface area (Å²) in [6.45, 7) is 0.239. The number of cyclic esters (lactones) is 1. The molecule has 2 aromatic carbocycles. The molecule has 6 heteroatoms. The van der Waals surface area contributed by atoms with Crippen LogP contribution in [0, 0.1) is 5.82 Å². The topological polar surface area (TPSA) is 49.4 Å². The maximum absolute atomic E-state index is 13.3. The number of esters is 1. The van der Waals surface area contributed by atoms with E-state index in [1.54, 1.807) is 18.4 Å². The van der Waals surface area contributed by atoms with E-state index in [0.717, 1.165) is 32.0 Å². The predicted molar refractivity (Wildman–Crippen MR) is 96.6 cm³/mol. The number of rotatable bonds is 3. The largest absolute Gasteiger partial charge is 0.612 e. The van der Waals surface area contributed by atoms with Gasteiger partial charge in [-0.25, -0.2) is 9.18 Å². The highest BCUT2D eigenvalue weighted by Crippen LogP contribution is 2.46. The number of fused-ring (bicyclic) bond motifs is 1. The molecule has 2 heterocycles. The fourth-order valence-corrected chi connectivity index (χ4v) is 4.64. The lowest BCUT2D eigenvalue weighted by molar-refractivity contribution is 0.0538. The van der Waals surface area contributed by atoms with Crippen LogP contribution >= 0.6 is 11.3 Å². The standard InChI is InChI=1S/C19H13FO3S2/c1-25(22)14-8-4-11(5-9-14)16-15-10-23-19(21)18(15)24-17(16)12-2-6-13(20)7-3-12/h2-9H,10H2,1H3. The van der Waals surface area contributed by atoms with Gasteiger partial charge in [-0.1, -0.05) is 12.1 Å². The molecule has 0 aliphatic carbocycles. The number of carbonyl (C=O) groups excluding carboxylic acids is 1. The van der Waals surface area contributed by atoms with Gasteiger partial charge in [-0.15, -0.1) is 11.3 Å². The van der Waals surface area contributed by atoms with E-state index in [-0.39, 0.29) is 18.4 Å². The van der Waals surface area contributed by atoms with E-state index in [9.17, 15) is 13.7 Å². The summed E-state index contributed by atoms with van der Waals surface area (Å²) in [6.07, 6.45) is 1.63. The highest BCUT2D eigenvalue weighted by atomic mass is 32.2. The first kappa shape index (κ1) is 16.3. The molecule has 0 saturated carbocycles. The lowest BCUT2D eigenvalue weighted by Crippen LogP contribution is -1.96. The van der Waals surface area contributed by atoms with Crippen molar-refractivity contribution in [1.29, 1.82) is 0 Å². The molecule has 1 atom stereocenters. The lowest BCUT2D eigenvalue weighted by atomic mass is 9.98. The van der Waals surface area contributed by atoms with Crippen LogP contribution < -0.4 is 0 Å². The van der Waals surface area contributed by atoms with Gasteiger partial charge in [0, 0.05) is 16.0 Å². The fourth-order valence-electron chi connectivity index (χ4n) is 2.89. The number of ether oxygens (including phenoxy) is 1. The second kappa shape index (κ2) is 6.29. The van der Waals surface area contributed by atoms with Gasteiger partial charge in [0.25, 0.3) is 0 Å². The third kappa shape index (κ3) is 2.86. The van der Waals surface area contributed by atoms with Gasteiger partial charge in [0.05, 0.1) is 0 Å². The first-order valence-corrected chi connectivity index (χ1v) is 9.94. The Morgan fingerprint density at radius 3 is 2.32 bits per heavy atom. The predicted octanol–water partition coefficient (Wildman–Crippen LogP) is 4.63. The van der Waals surface area contributed by atoms with Crippen molar-refractivity contribution < 1.29 is 18.5 Å². The molecule has 1 aromatic heterocycles. The lowest BCUT2D eigenvalue weighted by Gasteiger charge is -2.09. The van der Waals surface area contributed by atoms with Crippen LogP contribution in [0.1, 0.15) is 15.2 Å². The average molecular weight is 372 g/mol. The van der Waals surface area contributed by atoms with Crippen molar-refractivity contribution in [1.82, 2.24) is 0 Å². The molecule has 0 saturated heterocycles. The van der Waals surface area contributed by atoms with Crippen molar-refractivity contribution in [3.8, 4) is 21.6 Å². The smallest absolute Gasteiger partial charge is 0.349 e. The maximum atomic E-state index is 13.3. The number of thiophene rings is 1. The normalized spacial score (nSPS) is 14.3. The molecule has 1 aliphatic heterocycles. The van der Waals surface area contributed by atoms with E-state index in [1.165, 1.54) is 23.5 Å². The molecule has 0 bridgehead atoms. The molecule has 126 valence electrons. The summed E-state index contributed by atoms with van der Waals surface area (Å²) in [5.41, 5.74) is 3.56. The third-order valence-electron chi connectivity index (χ3n) is 4.12. The number of benzene rings is 2. The van der Waals surface area contributed by atoms with E-state index in [2.05, 4.69) is 0 Å². The van der Waals surface area contributed by atoms with Crippen molar-refractivity contribution >= 4 is 28.5 Å². The summed E-state index contributed by atoms with van der Waals surface area (Å²) in [5, 5.41) is 0. The van der Waals surface area contributed by atoms with Gasteiger partial charge in [-0.3, -0.25) is 0 Å². The Bertz CT molecular complexity index is 944. The Labute approximate surface area is 151 Å². The number of halogens is 1.